The molecule has 0 bridgehead atoms. The summed E-state index contributed by atoms with van der Waals surface area (Å²) in [6.07, 6.45) is 4.40. The molecular formula is C11H19NO4. The number of carbonyl (C=O) groups is 2. The summed E-state index contributed by atoms with van der Waals surface area (Å²) in [6.45, 7) is -0.274. The monoisotopic (exact) mass is 229 g/mol. The van der Waals surface area contributed by atoms with Crippen LogP contribution >= 0.6 is 0 Å². The molecule has 1 amide bonds. The summed E-state index contributed by atoms with van der Waals surface area (Å²) >= 11 is 0. The second-order valence-electron chi connectivity index (χ2n) is 4.31. The average molecular weight is 229 g/mol. The Kier molecular flexibility index (Phi) is 4.29. The molecule has 1 aliphatic rings. The summed E-state index contributed by atoms with van der Waals surface area (Å²) in [4.78, 5) is 23.9. The first kappa shape index (κ1) is 13.0. The third-order valence-electron chi connectivity index (χ3n) is 3.16. The van der Waals surface area contributed by atoms with Gasteiger partial charge >= 0.3 is 5.97 Å². The SMILES string of the molecule is COC1(C(=O)N(C)CC(=O)O)CCCCC1. The molecule has 92 valence electrons. The van der Waals surface area contributed by atoms with E-state index in [0.717, 1.165) is 19.3 Å². The van der Waals surface area contributed by atoms with Crippen LogP contribution in [0.25, 0.3) is 0 Å². The number of carboxylic acids is 1. The van der Waals surface area contributed by atoms with Gasteiger partial charge in [0.15, 0.2) is 0 Å². The van der Waals surface area contributed by atoms with Gasteiger partial charge in [-0.1, -0.05) is 19.3 Å². The van der Waals surface area contributed by atoms with Crippen molar-refractivity contribution in [3.63, 3.8) is 0 Å². The molecule has 0 aromatic rings. The van der Waals surface area contributed by atoms with E-state index in [1.807, 2.05) is 0 Å². The minimum Gasteiger partial charge on any atom is -0.480 e. The summed E-state index contributed by atoms with van der Waals surface area (Å²) in [6, 6.07) is 0. The molecule has 0 aromatic carbocycles. The Bertz CT molecular complexity index is 271. The summed E-state index contributed by atoms with van der Waals surface area (Å²) in [7, 11) is 3.03. The predicted molar refractivity (Wildman–Crippen MR) is 58.1 cm³/mol. The van der Waals surface area contributed by atoms with Crippen LogP contribution in [0.5, 0.6) is 0 Å². The van der Waals surface area contributed by atoms with Crippen molar-refractivity contribution in [3.8, 4) is 0 Å². The van der Waals surface area contributed by atoms with E-state index in [4.69, 9.17) is 9.84 Å². The summed E-state index contributed by atoms with van der Waals surface area (Å²) in [5, 5.41) is 8.65. The minimum absolute atomic E-state index is 0.211. The smallest absolute Gasteiger partial charge is 0.323 e. The van der Waals surface area contributed by atoms with Crippen LogP contribution in [0.2, 0.25) is 0 Å². The van der Waals surface area contributed by atoms with Crippen LogP contribution in [0, 0.1) is 0 Å². The van der Waals surface area contributed by atoms with Gasteiger partial charge < -0.3 is 14.7 Å². The lowest BCUT2D eigenvalue weighted by Gasteiger charge is -2.36. The number of hydrogen-bond acceptors (Lipinski definition) is 3. The largest absolute Gasteiger partial charge is 0.480 e. The molecule has 0 aromatic heterocycles. The van der Waals surface area contributed by atoms with Crippen molar-refractivity contribution >= 4 is 11.9 Å². The van der Waals surface area contributed by atoms with E-state index in [9.17, 15) is 9.59 Å². The molecule has 1 fully saturated rings. The lowest BCUT2D eigenvalue weighted by Crippen LogP contribution is -2.51. The zero-order valence-electron chi connectivity index (χ0n) is 9.86. The quantitative estimate of drug-likeness (QED) is 0.777. The highest BCUT2D eigenvalue weighted by Gasteiger charge is 2.41. The number of aliphatic carboxylic acids is 1. The number of carbonyl (C=O) groups excluding carboxylic acids is 1. The Morgan fingerprint density at radius 3 is 2.31 bits per heavy atom. The van der Waals surface area contributed by atoms with E-state index < -0.39 is 11.6 Å². The molecule has 0 atom stereocenters. The average Bonchev–Trinajstić information content (AvgIpc) is 2.28. The Morgan fingerprint density at radius 1 is 1.31 bits per heavy atom. The van der Waals surface area contributed by atoms with Crippen molar-refractivity contribution in [1.82, 2.24) is 4.90 Å². The van der Waals surface area contributed by atoms with Gasteiger partial charge in [-0.25, -0.2) is 0 Å². The first-order chi connectivity index (χ1) is 7.52. The molecule has 0 radical (unpaired) electrons. The molecule has 16 heavy (non-hydrogen) atoms. The third kappa shape index (κ3) is 2.72. The zero-order valence-corrected chi connectivity index (χ0v) is 9.86. The van der Waals surface area contributed by atoms with Crippen LogP contribution in [-0.2, 0) is 14.3 Å². The zero-order chi connectivity index (χ0) is 12.2. The summed E-state index contributed by atoms with van der Waals surface area (Å²) < 4.78 is 5.36. The Balaban J connectivity index is 2.71. The molecule has 0 unspecified atom stereocenters. The first-order valence-corrected chi connectivity index (χ1v) is 5.54. The lowest BCUT2D eigenvalue weighted by molar-refractivity contribution is -0.161. The van der Waals surface area contributed by atoms with E-state index in [0.29, 0.717) is 12.8 Å². The van der Waals surface area contributed by atoms with E-state index in [2.05, 4.69) is 0 Å². The lowest BCUT2D eigenvalue weighted by atomic mass is 9.83. The molecule has 5 heteroatoms. The van der Waals surface area contributed by atoms with Gasteiger partial charge in [0.2, 0.25) is 0 Å². The Morgan fingerprint density at radius 2 is 1.88 bits per heavy atom. The van der Waals surface area contributed by atoms with Gasteiger partial charge in [-0.15, -0.1) is 0 Å². The number of carboxylic acid groups (broad SMARTS) is 1. The highest BCUT2D eigenvalue weighted by Crippen LogP contribution is 2.32. The maximum atomic E-state index is 12.1. The van der Waals surface area contributed by atoms with Crippen molar-refractivity contribution in [2.24, 2.45) is 0 Å². The number of methoxy groups -OCH3 is 1. The molecule has 1 N–H and O–H groups in total. The maximum Gasteiger partial charge on any atom is 0.323 e. The normalized spacial score (nSPS) is 19.1. The fourth-order valence-electron chi connectivity index (χ4n) is 2.25. The van der Waals surface area contributed by atoms with E-state index in [-0.39, 0.29) is 12.5 Å². The van der Waals surface area contributed by atoms with Gasteiger partial charge in [0, 0.05) is 14.2 Å². The van der Waals surface area contributed by atoms with Crippen LogP contribution in [0.3, 0.4) is 0 Å². The molecule has 0 heterocycles. The van der Waals surface area contributed by atoms with Gasteiger partial charge in [-0.2, -0.15) is 0 Å². The predicted octanol–water partition coefficient (Wildman–Crippen LogP) is 0.879. The van der Waals surface area contributed by atoms with Crippen molar-refractivity contribution < 1.29 is 19.4 Å². The second-order valence-corrected chi connectivity index (χ2v) is 4.31. The fourth-order valence-corrected chi connectivity index (χ4v) is 2.25. The number of hydrogen-bond donors (Lipinski definition) is 1. The number of ether oxygens (including phenoxy) is 1. The molecule has 0 saturated heterocycles. The number of amides is 1. The van der Waals surface area contributed by atoms with Crippen LogP contribution in [0.1, 0.15) is 32.1 Å². The molecule has 1 aliphatic carbocycles. The maximum absolute atomic E-state index is 12.1. The van der Waals surface area contributed by atoms with Gasteiger partial charge in [-0.05, 0) is 12.8 Å². The molecule has 5 nitrogen and oxygen atoms in total. The van der Waals surface area contributed by atoms with E-state index in [1.165, 1.54) is 19.1 Å². The van der Waals surface area contributed by atoms with Crippen LogP contribution < -0.4 is 0 Å². The third-order valence-corrected chi connectivity index (χ3v) is 3.16. The molecule has 0 spiro atoms. The highest BCUT2D eigenvalue weighted by atomic mass is 16.5. The van der Waals surface area contributed by atoms with Crippen molar-refractivity contribution in [1.29, 1.82) is 0 Å². The van der Waals surface area contributed by atoms with Crippen molar-refractivity contribution in [3.05, 3.63) is 0 Å². The van der Waals surface area contributed by atoms with Gasteiger partial charge in [0.25, 0.3) is 5.91 Å². The Hall–Kier alpha value is -1.10. The van der Waals surface area contributed by atoms with E-state index >= 15 is 0 Å². The van der Waals surface area contributed by atoms with Gasteiger partial charge in [0.05, 0.1) is 0 Å². The molecular weight excluding hydrogens is 210 g/mol. The summed E-state index contributed by atoms with van der Waals surface area (Å²) in [5.41, 5.74) is -0.789. The molecule has 1 rings (SSSR count). The second kappa shape index (κ2) is 5.30. The van der Waals surface area contributed by atoms with Crippen LogP contribution in [0.15, 0.2) is 0 Å². The highest BCUT2D eigenvalue weighted by molar-refractivity contribution is 5.87. The standard InChI is InChI=1S/C11H19NO4/c1-12(8-9(13)14)10(15)11(16-2)6-4-3-5-7-11/h3-8H2,1-2H3,(H,13,14). The number of likely N-dealkylation sites (N-methyl/N-ethyl adjacent to an activating group) is 1. The van der Waals surface area contributed by atoms with E-state index in [1.54, 1.807) is 0 Å². The Labute approximate surface area is 95.4 Å². The van der Waals surface area contributed by atoms with Crippen LogP contribution in [-0.4, -0.2) is 48.2 Å². The minimum atomic E-state index is -1.00. The number of nitrogens with zero attached hydrogens (tertiary/aromatic N) is 1. The van der Waals surface area contributed by atoms with Gasteiger partial charge in [-0.3, -0.25) is 9.59 Å². The number of rotatable bonds is 4. The summed E-state index contributed by atoms with van der Waals surface area (Å²) in [5.74, 6) is -1.21. The van der Waals surface area contributed by atoms with Gasteiger partial charge in [0.1, 0.15) is 12.1 Å². The topological polar surface area (TPSA) is 66.8 Å². The molecule has 1 saturated carbocycles. The van der Waals surface area contributed by atoms with Crippen molar-refractivity contribution in [2.75, 3.05) is 20.7 Å². The fraction of sp³-hybridized carbons (Fsp3) is 0.818. The first-order valence-electron chi connectivity index (χ1n) is 5.54. The van der Waals surface area contributed by atoms with Crippen molar-refractivity contribution in [2.45, 2.75) is 37.7 Å². The molecule has 0 aliphatic heterocycles. The van der Waals surface area contributed by atoms with Crippen LogP contribution in [0.4, 0.5) is 0 Å².